The lowest BCUT2D eigenvalue weighted by Crippen LogP contribution is -2.44. The summed E-state index contributed by atoms with van der Waals surface area (Å²) < 4.78 is 35.9. The number of amides is 1. The quantitative estimate of drug-likeness (QED) is 0.456. The third-order valence-electron chi connectivity index (χ3n) is 7.23. The summed E-state index contributed by atoms with van der Waals surface area (Å²) in [5.74, 6) is -2.02. The van der Waals surface area contributed by atoms with Gasteiger partial charge in [-0.2, -0.15) is 0 Å². The smallest absolute Gasteiger partial charge is 0.262 e. The van der Waals surface area contributed by atoms with Gasteiger partial charge in [0.1, 0.15) is 11.9 Å². The van der Waals surface area contributed by atoms with E-state index in [0.717, 1.165) is 37.9 Å². The van der Waals surface area contributed by atoms with E-state index in [9.17, 15) is 9.18 Å². The molecule has 0 spiro atoms. The zero-order valence-electron chi connectivity index (χ0n) is 22.6. The van der Waals surface area contributed by atoms with Gasteiger partial charge in [-0.15, -0.1) is 0 Å². The molecule has 2 aliphatic heterocycles. The Bertz CT molecular complexity index is 1360. The summed E-state index contributed by atoms with van der Waals surface area (Å²) in [4.78, 5) is 27.9. The van der Waals surface area contributed by atoms with Gasteiger partial charge in [0.15, 0.2) is 23.2 Å². The Balaban J connectivity index is 1.45. The molecule has 1 unspecified atom stereocenters. The van der Waals surface area contributed by atoms with Crippen LogP contribution in [-0.2, 0) is 6.42 Å². The Morgan fingerprint density at radius 2 is 1.90 bits per heavy atom. The first kappa shape index (κ1) is 26.6. The minimum absolute atomic E-state index is 0.0248. The Hall–Kier alpha value is -3.99. The van der Waals surface area contributed by atoms with Crippen molar-refractivity contribution in [2.45, 2.75) is 26.3 Å². The van der Waals surface area contributed by atoms with E-state index in [4.69, 9.17) is 4.74 Å². The van der Waals surface area contributed by atoms with Crippen LogP contribution in [0.15, 0.2) is 36.7 Å². The van der Waals surface area contributed by atoms with E-state index in [1.54, 1.807) is 7.05 Å². The molecule has 206 valence electrons. The number of carbonyl (C=O) groups is 1. The summed E-state index contributed by atoms with van der Waals surface area (Å²) in [6.45, 7) is 8.00. The van der Waals surface area contributed by atoms with Gasteiger partial charge in [0.25, 0.3) is 5.91 Å². The fourth-order valence-electron chi connectivity index (χ4n) is 4.81. The lowest BCUT2D eigenvalue weighted by atomic mass is 10.1. The van der Waals surface area contributed by atoms with Crippen molar-refractivity contribution in [3.05, 3.63) is 59.4 Å². The van der Waals surface area contributed by atoms with Crippen LogP contribution in [0.5, 0.6) is 11.6 Å². The number of hydrogen-bond acceptors (Lipinski definition) is 8. The monoisotopic (exact) mass is 537 g/mol. The fourth-order valence-corrected chi connectivity index (χ4v) is 4.81. The number of likely N-dealkylation sites (N-methyl/N-ethyl adjacent to an activating group) is 1. The van der Waals surface area contributed by atoms with Crippen molar-refractivity contribution in [1.29, 1.82) is 0 Å². The highest BCUT2D eigenvalue weighted by Crippen LogP contribution is 2.39. The zero-order valence-corrected chi connectivity index (χ0v) is 22.6. The molecule has 39 heavy (non-hydrogen) atoms. The van der Waals surface area contributed by atoms with Crippen molar-refractivity contribution in [2.75, 3.05) is 62.4 Å². The van der Waals surface area contributed by atoms with Crippen molar-refractivity contribution in [3.63, 3.8) is 0 Å². The van der Waals surface area contributed by atoms with Crippen LogP contribution in [0, 0.1) is 11.6 Å². The summed E-state index contributed by atoms with van der Waals surface area (Å²) in [7, 11) is 3.75. The highest BCUT2D eigenvalue weighted by molar-refractivity contribution is 6.01. The number of nitrogens with one attached hydrogen (secondary N) is 2. The summed E-state index contributed by atoms with van der Waals surface area (Å²) in [5, 5.41) is 6.13. The maximum atomic E-state index is 15.3. The first-order valence-corrected chi connectivity index (χ1v) is 13.1. The highest BCUT2D eigenvalue weighted by Gasteiger charge is 2.29. The molecular weight excluding hydrogens is 504 g/mol. The molecule has 1 saturated heterocycles. The number of fused-ring (bicyclic) bond motifs is 1. The molecule has 2 N–H and O–H groups in total. The average molecular weight is 538 g/mol. The van der Waals surface area contributed by atoms with E-state index in [1.165, 1.54) is 11.2 Å². The summed E-state index contributed by atoms with van der Waals surface area (Å²) in [6.07, 6.45) is 1.55. The SMILES string of the molecule is CCN(C)C(=O)c1c(Nc2ccc(N3CCN(C)CC3)cc2)ncnc1Oc1cc(F)c2c(c1F)CC(C)N2. The van der Waals surface area contributed by atoms with Crippen LogP contribution in [0.25, 0.3) is 0 Å². The van der Waals surface area contributed by atoms with E-state index < -0.39 is 17.5 Å². The maximum absolute atomic E-state index is 15.3. The molecule has 2 aliphatic rings. The van der Waals surface area contributed by atoms with Crippen LogP contribution in [0.2, 0.25) is 0 Å². The van der Waals surface area contributed by atoms with Gasteiger partial charge in [-0.3, -0.25) is 4.79 Å². The Morgan fingerprint density at radius 3 is 2.59 bits per heavy atom. The van der Waals surface area contributed by atoms with Gasteiger partial charge in [0.2, 0.25) is 5.88 Å². The predicted octanol–water partition coefficient (Wildman–Crippen LogP) is 4.49. The van der Waals surface area contributed by atoms with E-state index in [2.05, 4.69) is 37.4 Å². The van der Waals surface area contributed by atoms with Crippen LogP contribution in [-0.4, -0.2) is 78.5 Å². The topological polar surface area (TPSA) is 85.9 Å². The zero-order chi connectivity index (χ0) is 27.7. The predicted molar refractivity (Wildman–Crippen MR) is 147 cm³/mol. The number of benzene rings is 2. The number of anilines is 4. The van der Waals surface area contributed by atoms with E-state index in [-0.39, 0.29) is 40.3 Å². The van der Waals surface area contributed by atoms with Gasteiger partial charge in [-0.25, -0.2) is 18.7 Å². The molecule has 9 nitrogen and oxygen atoms in total. The van der Waals surface area contributed by atoms with Crippen molar-refractivity contribution < 1.29 is 18.3 Å². The molecule has 1 aromatic heterocycles. The molecule has 0 radical (unpaired) electrons. The number of nitrogens with zero attached hydrogens (tertiary/aromatic N) is 5. The van der Waals surface area contributed by atoms with Gasteiger partial charge in [0.05, 0.1) is 5.69 Å². The Labute approximate surface area is 226 Å². The second kappa shape index (κ2) is 11.0. The molecule has 5 rings (SSSR count). The molecule has 0 saturated carbocycles. The van der Waals surface area contributed by atoms with Gasteiger partial charge in [-0.1, -0.05) is 0 Å². The number of aromatic nitrogens is 2. The van der Waals surface area contributed by atoms with Gasteiger partial charge in [-0.05, 0) is 51.6 Å². The number of hydrogen-bond donors (Lipinski definition) is 2. The van der Waals surface area contributed by atoms with Gasteiger partial charge >= 0.3 is 0 Å². The minimum Gasteiger partial charge on any atom is -0.435 e. The van der Waals surface area contributed by atoms with Crippen LogP contribution >= 0.6 is 0 Å². The van der Waals surface area contributed by atoms with Crippen molar-refractivity contribution >= 4 is 28.8 Å². The lowest BCUT2D eigenvalue weighted by Gasteiger charge is -2.34. The Morgan fingerprint density at radius 1 is 1.18 bits per heavy atom. The van der Waals surface area contributed by atoms with E-state index in [0.29, 0.717) is 18.7 Å². The summed E-state index contributed by atoms with van der Waals surface area (Å²) >= 11 is 0. The summed E-state index contributed by atoms with van der Waals surface area (Å²) in [5.41, 5.74) is 2.20. The number of piperazine rings is 1. The molecule has 2 aromatic carbocycles. The van der Waals surface area contributed by atoms with Crippen LogP contribution in [0.4, 0.5) is 31.7 Å². The van der Waals surface area contributed by atoms with Crippen molar-refractivity contribution in [2.24, 2.45) is 0 Å². The molecule has 3 heterocycles. The number of rotatable bonds is 7. The maximum Gasteiger partial charge on any atom is 0.262 e. The molecule has 11 heteroatoms. The number of halogens is 2. The number of ether oxygens (including phenoxy) is 1. The molecular formula is C28H33F2N7O2. The second-order valence-electron chi connectivity index (χ2n) is 10.1. The van der Waals surface area contributed by atoms with Gasteiger partial charge < -0.3 is 30.1 Å². The average Bonchev–Trinajstić information content (AvgIpc) is 3.34. The largest absolute Gasteiger partial charge is 0.435 e. The van der Waals surface area contributed by atoms with Crippen LogP contribution < -0.4 is 20.3 Å². The van der Waals surface area contributed by atoms with Crippen molar-refractivity contribution in [1.82, 2.24) is 19.8 Å². The first-order chi connectivity index (χ1) is 18.7. The molecule has 3 aromatic rings. The van der Waals surface area contributed by atoms with E-state index >= 15 is 4.39 Å². The number of carbonyl (C=O) groups excluding carboxylic acids is 1. The van der Waals surface area contributed by atoms with Gasteiger partial charge in [0, 0.05) is 68.8 Å². The normalized spacial score (nSPS) is 17.0. The standard InChI is InChI=1S/C28H33F2N7O2/c1-5-36(4)28(38)23-26(34-18-6-8-19(9-7-18)37-12-10-35(3)11-13-37)31-16-32-27(23)39-22-15-21(29)25-20(24(22)30)14-17(2)33-25/h6-9,15-17,33H,5,10-14H2,1-4H3,(H,31,32,34). The molecule has 1 amide bonds. The fraction of sp³-hybridized carbons (Fsp3) is 0.393. The van der Waals surface area contributed by atoms with E-state index in [1.807, 2.05) is 38.1 Å². The molecule has 0 aliphatic carbocycles. The third-order valence-corrected chi connectivity index (χ3v) is 7.23. The summed E-state index contributed by atoms with van der Waals surface area (Å²) in [6, 6.07) is 8.73. The van der Waals surface area contributed by atoms with Crippen molar-refractivity contribution in [3.8, 4) is 11.6 Å². The molecule has 1 atom stereocenters. The molecule has 0 bridgehead atoms. The highest BCUT2D eigenvalue weighted by atomic mass is 19.1. The first-order valence-electron chi connectivity index (χ1n) is 13.1. The molecule has 1 fully saturated rings. The lowest BCUT2D eigenvalue weighted by molar-refractivity contribution is 0.0799. The Kier molecular flexibility index (Phi) is 7.51. The van der Waals surface area contributed by atoms with Crippen LogP contribution in [0.1, 0.15) is 29.8 Å². The minimum atomic E-state index is -0.682. The third kappa shape index (κ3) is 5.44. The second-order valence-corrected chi connectivity index (χ2v) is 10.1. The van der Waals surface area contributed by atoms with Crippen LogP contribution in [0.3, 0.4) is 0 Å².